The lowest BCUT2D eigenvalue weighted by Crippen LogP contribution is -2.20. The van der Waals surface area contributed by atoms with Crippen LogP contribution in [0.5, 0.6) is 0 Å². The standard InChI is InChI=1S/C21H33N/c1-14-15(2)17(4)20(16(14)3)13-19-11-6-5-9-18-10-7-8-12-22-21(18)19/h5,9,11,14-17,20,22H,6-8,10,12-13H2,1-4H3. The number of hydrogen-bond acceptors (Lipinski definition) is 1. The smallest absolute Gasteiger partial charge is 0.0402 e. The van der Waals surface area contributed by atoms with Crippen LogP contribution in [-0.4, -0.2) is 6.54 Å². The molecule has 0 radical (unpaired) electrons. The second-order valence-corrected chi connectivity index (χ2v) is 7.96. The van der Waals surface area contributed by atoms with Crippen molar-refractivity contribution in [3.05, 3.63) is 35.1 Å². The van der Waals surface area contributed by atoms with Crippen molar-refractivity contribution in [1.82, 2.24) is 5.32 Å². The Hall–Kier alpha value is -0.980. The van der Waals surface area contributed by atoms with Gasteiger partial charge in [-0.05, 0) is 72.8 Å². The quantitative estimate of drug-likeness (QED) is 0.713. The first-order valence-electron chi connectivity index (χ1n) is 9.42. The molecule has 3 rings (SSSR count). The van der Waals surface area contributed by atoms with Gasteiger partial charge in [0, 0.05) is 12.2 Å². The molecule has 0 aromatic rings. The summed E-state index contributed by atoms with van der Waals surface area (Å²) in [6.07, 6.45) is 13.5. The summed E-state index contributed by atoms with van der Waals surface area (Å²) in [7, 11) is 0. The molecule has 122 valence electrons. The van der Waals surface area contributed by atoms with Crippen molar-refractivity contribution in [3.63, 3.8) is 0 Å². The number of allylic oxidation sites excluding steroid dienone is 5. The van der Waals surface area contributed by atoms with Crippen molar-refractivity contribution in [1.29, 1.82) is 0 Å². The maximum atomic E-state index is 3.76. The summed E-state index contributed by atoms with van der Waals surface area (Å²) in [6, 6.07) is 0. The summed E-state index contributed by atoms with van der Waals surface area (Å²) >= 11 is 0. The van der Waals surface area contributed by atoms with Gasteiger partial charge in [0.15, 0.2) is 0 Å². The second kappa shape index (κ2) is 6.64. The van der Waals surface area contributed by atoms with E-state index in [-0.39, 0.29) is 0 Å². The van der Waals surface area contributed by atoms with Crippen LogP contribution < -0.4 is 5.32 Å². The van der Waals surface area contributed by atoms with Crippen molar-refractivity contribution in [3.8, 4) is 0 Å². The maximum absolute atomic E-state index is 3.76. The fraction of sp³-hybridized carbons (Fsp3) is 0.714. The predicted octanol–water partition coefficient (Wildman–Crippen LogP) is 5.46. The summed E-state index contributed by atoms with van der Waals surface area (Å²) in [5.41, 5.74) is 4.64. The van der Waals surface area contributed by atoms with Crippen molar-refractivity contribution >= 4 is 0 Å². The summed E-state index contributed by atoms with van der Waals surface area (Å²) in [6.45, 7) is 11.0. The topological polar surface area (TPSA) is 12.0 Å². The van der Waals surface area contributed by atoms with Crippen LogP contribution in [0, 0.1) is 29.6 Å². The predicted molar refractivity (Wildman–Crippen MR) is 95.5 cm³/mol. The van der Waals surface area contributed by atoms with Crippen molar-refractivity contribution in [2.75, 3.05) is 6.54 Å². The molecule has 0 spiro atoms. The zero-order valence-electron chi connectivity index (χ0n) is 14.9. The lowest BCUT2D eigenvalue weighted by atomic mass is 9.82. The van der Waals surface area contributed by atoms with Crippen molar-refractivity contribution in [2.24, 2.45) is 29.6 Å². The van der Waals surface area contributed by atoms with Gasteiger partial charge in [-0.15, -0.1) is 0 Å². The van der Waals surface area contributed by atoms with E-state index in [1.807, 2.05) is 0 Å². The van der Waals surface area contributed by atoms with E-state index in [9.17, 15) is 0 Å². The van der Waals surface area contributed by atoms with E-state index >= 15 is 0 Å². The Kier molecular flexibility index (Phi) is 4.80. The Morgan fingerprint density at radius 2 is 1.73 bits per heavy atom. The molecule has 0 amide bonds. The van der Waals surface area contributed by atoms with Crippen LogP contribution in [-0.2, 0) is 0 Å². The minimum Gasteiger partial charge on any atom is -0.385 e. The van der Waals surface area contributed by atoms with E-state index < -0.39 is 0 Å². The molecule has 1 N–H and O–H groups in total. The van der Waals surface area contributed by atoms with Crippen LogP contribution in [0.3, 0.4) is 0 Å². The van der Waals surface area contributed by atoms with E-state index in [1.165, 1.54) is 31.4 Å². The highest BCUT2D eigenvalue weighted by Gasteiger charge is 2.41. The Morgan fingerprint density at radius 3 is 2.45 bits per heavy atom. The van der Waals surface area contributed by atoms with E-state index in [2.05, 4.69) is 51.2 Å². The van der Waals surface area contributed by atoms with Crippen LogP contribution in [0.15, 0.2) is 35.1 Å². The van der Waals surface area contributed by atoms with Gasteiger partial charge in [0.1, 0.15) is 0 Å². The molecule has 4 atom stereocenters. The van der Waals surface area contributed by atoms with Gasteiger partial charge in [-0.2, -0.15) is 0 Å². The van der Waals surface area contributed by atoms with Gasteiger partial charge >= 0.3 is 0 Å². The summed E-state index contributed by atoms with van der Waals surface area (Å²) in [5.74, 6) is 4.25. The molecule has 4 unspecified atom stereocenters. The Bertz CT molecular complexity index is 482. The zero-order valence-corrected chi connectivity index (χ0v) is 14.9. The molecule has 3 aliphatic rings. The van der Waals surface area contributed by atoms with Crippen LogP contribution >= 0.6 is 0 Å². The highest BCUT2D eigenvalue weighted by Crippen LogP contribution is 2.48. The van der Waals surface area contributed by atoms with Gasteiger partial charge in [0.25, 0.3) is 0 Å². The minimum absolute atomic E-state index is 0.841. The van der Waals surface area contributed by atoms with Gasteiger partial charge < -0.3 is 5.32 Å². The van der Waals surface area contributed by atoms with E-state index in [4.69, 9.17) is 0 Å². The first kappa shape index (κ1) is 15.9. The van der Waals surface area contributed by atoms with Gasteiger partial charge in [-0.1, -0.05) is 45.9 Å². The minimum atomic E-state index is 0.841. The summed E-state index contributed by atoms with van der Waals surface area (Å²) in [5, 5.41) is 3.76. The molecule has 0 saturated heterocycles. The molecule has 1 aliphatic heterocycles. The third-order valence-corrected chi connectivity index (χ3v) is 6.93. The van der Waals surface area contributed by atoms with E-state index in [0.717, 1.165) is 42.6 Å². The molecule has 0 aromatic carbocycles. The average molecular weight is 300 g/mol. The van der Waals surface area contributed by atoms with Crippen molar-refractivity contribution in [2.45, 2.75) is 59.8 Å². The first-order chi connectivity index (χ1) is 10.6. The molecule has 22 heavy (non-hydrogen) atoms. The zero-order chi connectivity index (χ0) is 15.7. The van der Waals surface area contributed by atoms with E-state index in [0.29, 0.717) is 0 Å². The third kappa shape index (κ3) is 2.92. The Morgan fingerprint density at radius 1 is 1.00 bits per heavy atom. The number of nitrogens with one attached hydrogen (secondary N) is 1. The SMILES string of the molecule is CC1C(C)C(C)C(CC2=CCC=CC3=C2NCCCC3)C1C. The highest BCUT2D eigenvalue weighted by molar-refractivity contribution is 5.42. The van der Waals surface area contributed by atoms with Crippen molar-refractivity contribution < 1.29 is 0 Å². The van der Waals surface area contributed by atoms with Gasteiger partial charge in [0.2, 0.25) is 0 Å². The van der Waals surface area contributed by atoms with Crippen LogP contribution in [0.25, 0.3) is 0 Å². The fourth-order valence-electron chi connectivity index (χ4n) is 4.93. The maximum Gasteiger partial charge on any atom is 0.0402 e. The third-order valence-electron chi connectivity index (χ3n) is 6.93. The number of hydrogen-bond donors (Lipinski definition) is 1. The summed E-state index contributed by atoms with van der Waals surface area (Å²) in [4.78, 5) is 0. The molecule has 1 heterocycles. The molecular weight excluding hydrogens is 266 g/mol. The summed E-state index contributed by atoms with van der Waals surface area (Å²) < 4.78 is 0. The molecule has 1 fully saturated rings. The average Bonchev–Trinajstić information content (AvgIpc) is 2.78. The number of rotatable bonds is 2. The van der Waals surface area contributed by atoms with Crippen LogP contribution in [0.4, 0.5) is 0 Å². The monoisotopic (exact) mass is 299 g/mol. The molecular formula is C21H33N. The fourth-order valence-corrected chi connectivity index (χ4v) is 4.93. The van der Waals surface area contributed by atoms with Gasteiger partial charge in [0.05, 0.1) is 0 Å². The normalized spacial score (nSPS) is 38.9. The molecule has 0 aromatic heterocycles. The molecule has 1 heteroatoms. The Labute approximate surface area is 137 Å². The second-order valence-electron chi connectivity index (χ2n) is 7.96. The molecule has 0 bridgehead atoms. The van der Waals surface area contributed by atoms with E-state index in [1.54, 1.807) is 11.1 Å². The lowest BCUT2D eigenvalue weighted by molar-refractivity contribution is 0.318. The van der Waals surface area contributed by atoms with Gasteiger partial charge in [-0.25, -0.2) is 0 Å². The van der Waals surface area contributed by atoms with Crippen LogP contribution in [0.2, 0.25) is 0 Å². The molecule has 1 saturated carbocycles. The molecule has 1 nitrogen and oxygen atoms in total. The highest BCUT2D eigenvalue weighted by atomic mass is 14.9. The first-order valence-corrected chi connectivity index (χ1v) is 9.42. The largest absolute Gasteiger partial charge is 0.385 e. The Balaban J connectivity index is 1.83. The van der Waals surface area contributed by atoms with Crippen LogP contribution in [0.1, 0.15) is 59.8 Å². The van der Waals surface area contributed by atoms with Gasteiger partial charge in [-0.3, -0.25) is 0 Å². The lowest BCUT2D eigenvalue weighted by Gasteiger charge is -2.25. The molecule has 2 aliphatic carbocycles.